The van der Waals surface area contributed by atoms with Crippen LogP contribution in [0.1, 0.15) is 157 Å². The van der Waals surface area contributed by atoms with Crippen molar-refractivity contribution in [3.05, 3.63) is 106 Å². The topological polar surface area (TPSA) is 133 Å². The summed E-state index contributed by atoms with van der Waals surface area (Å²) in [6, 6.07) is 18.9. The molecule has 1 N–H and O–H groups in total. The number of aliphatic hydroxyl groups excluding tert-OH is 1. The van der Waals surface area contributed by atoms with Crippen molar-refractivity contribution in [2.45, 2.75) is 162 Å². The average molecular weight is 974 g/mol. The molecule has 2 fully saturated rings. The Morgan fingerprint density at radius 2 is 1.08 bits per heavy atom. The molecule has 4 aliphatic rings. The van der Waals surface area contributed by atoms with Gasteiger partial charge in [-0.05, 0) is 127 Å². The number of halogens is 1. The summed E-state index contributed by atoms with van der Waals surface area (Å²) < 4.78 is 30.4. The Morgan fingerprint density at radius 3 is 1.48 bits per heavy atom. The van der Waals surface area contributed by atoms with Crippen molar-refractivity contribution in [1.29, 1.82) is 0 Å². The summed E-state index contributed by atoms with van der Waals surface area (Å²) in [6.07, 6.45) is 7.36. The second-order valence-electron chi connectivity index (χ2n) is 18.9. The molecule has 8 rings (SSSR count). The Hall–Kier alpha value is -4.72. The molecule has 2 atom stereocenters. The molecule has 0 aliphatic carbocycles. The minimum Gasteiger partial charge on any atom is -0.491 e. The number of nitrogens with zero attached hydrogens (tertiary/aromatic N) is 4. The number of carbonyl (C=O) groups excluding carboxylic acids is 2. The Labute approximate surface area is 401 Å². The van der Waals surface area contributed by atoms with Crippen LogP contribution in [0.3, 0.4) is 0 Å². The highest BCUT2D eigenvalue weighted by atomic mass is 79.9. The van der Waals surface area contributed by atoms with Crippen LogP contribution in [0.4, 0.5) is 0 Å². The summed E-state index contributed by atoms with van der Waals surface area (Å²) in [4.78, 5) is 39.4. The quantitative estimate of drug-likeness (QED) is 0.170. The molecule has 2 amide bonds. The molecule has 360 valence electrons. The van der Waals surface area contributed by atoms with Crippen LogP contribution >= 0.6 is 15.9 Å². The molecular weight excluding hydrogens is 901 g/mol. The van der Waals surface area contributed by atoms with E-state index in [1.165, 1.54) is 0 Å². The van der Waals surface area contributed by atoms with Crippen LogP contribution in [-0.2, 0) is 4.74 Å². The highest BCUT2D eigenvalue weighted by Crippen LogP contribution is 2.46. The summed E-state index contributed by atoms with van der Waals surface area (Å²) in [7, 11) is 0. The zero-order chi connectivity index (χ0) is 47.1. The fraction of sp³-hybridized carbons (Fsp3) is 0.547. The smallest absolute Gasteiger partial charge is 0.253 e. The maximum absolute atomic E-state index is 13.2. The largest absolute Gasteiger partial charge is 0.491 e. The van der Waals surface area contributed by atoms with Gasteiger partial charge in [0, 0.05) is 104 Å². The second kappa shape index (κ2) is 22.9. The molecule has 0 radical (unpaired) electrons. The number of alkyl halides is 1. The molecule has 12 nitrogen and oxygen atoms in total. The Morgan fingerprint density at radius 1 is 0.667 bits per heavy atom. The molecule has 2 aromatic carbocycles. The number of aliphatic hydroxyl groups is 1. The van der Waals surface area contributed by atoms with Crippen LogP contribution < -0.4 is 18.9 Å². The van der Waals surface area contributed by atoms with E-state index in [1.54, 1.807) is 12.4 Å². The van der Waals surface area contributed by atoms with Crippen LogP contribution in [0.5, 0.6) is 23.3 Å². The fourth-order valence-corrected chi connectivity index (χ4v) is 8.88. The van der Waals surface area contributed by atoms with Crippen LogP contribution in [0.25, 0.3) is 0 Å². The van der Waals surface area contributed by atoms with Gasteiger partial charge < -0.3 is 38.6 Å². The minimum absolute atomic E-state index is 0. The fourth-order valence-electron chi connectivity index (χ4n) is 8.88. The summed E-state index contributed by atoms with van der Waals surface area (Å²) in [5.41, 5.74) is 4.27. The van der Waals surface area contributed by atoms with Crippen LogP contribution in [0.2, 0.25) is 0 Å². The van der Waals surface area contributed by atoms with E-state index in [1.807, 2.05) is 112 Å². The number of carbonyl (C=O) groups is 2. The number of amides is 2. The van der Waals surface area contributed by atoms with Crippen molar-refractivity contribution < 1.29 is 38.4 Å². The number of benzene rings is 2. The molecule has 2 spiro atoms. The first kappa shape index (κ1) is 52.3. The Balaban J connectivity index is 0.000000227. The first-order chi connectivity index (χ1) is 30.9. The van der Waals surface area contributed by atoms with E-state index in [-0.39, 0.29) is 49.3 Å². The molecule has 13 heteroatoms. The van der Waals surface area contributed by atoms with Crippen molar-refractivity contribution in [2.24, 2.45) is 0 Å². The van der Waals surface area contributed by atoms with Crippen molar-refractivity contribution >= 4 is 27.7 Å². The lowest BCUT2D eigenvalue weighted by Crippen LogP contribution is -2.52. The van der Waals surface area contributed by atoms with Gasteiger partial charge in [0.2, 0.25) is 11.8 Å². The molecular formula is C53H73BrN4O8. The zero-order valence-corrected chi connectivity index (χ0v) is 41.5. The SMILES string of the molecule is C.CC(C)Br.Cc1cc(C(=O)N2CCC3(CC2)CC(O)c2cccnc2O3)ccc1OC(C)C.Cc1cc(C(=O)N2CCC3(CC2)CC(OC(C)C)c2cccnc2O3)ccc1OC(C)C. The van der Waals surface area contributed by atoms with Gasteiger partial charge in [0.15, 0.2) is 0 Å². The van der Waals surface area contributed by atoms with E-state index in [4.69, 9.17) is 23.7 Å². The third-order valence-corrected chi connectivity index (χ3v) is 12.0. The maximum Gasteiger partial charge on any atom is 0.253 e. The third kappa shape index (κ3) is 13.2. The number of aryl methyl sites for hydroxylation is 2. The van der Waals surface area contributed by atoms with Crippen molar-refractivity contribution in [3.8, 4) is 23.3 Å². The van der Waals surface area contributed by atoms with Crippen molar-refractivity contribution in [2.75, 3.05) is 26.2 Å². The third-order valence-electron chi connectivity index (χ3n) is 12.0. The molecule has 2 unspecified atom stereocenters. The van der Waals surface area contributed by atoms with Crippen LogP contribution in [-0.4, -0.2) is 97.2 Å². The molecule has 66 heavy (non-hydrogen) atoms. The number of aromatic nitrogens is 2. The lowest BCUT2D eigenvalue weighted by Gasteiger charge is -2.46. The van der Waals surface area contributed by atoms with E-state index in [2.05, 4.69) is 53.6 Å². The van der Waals surface area contributed by atoms with E-state index in [0.29, 0.717) is 73.2 Å². The van der Waals surface area contributed by atoms with E-state index in [0.717, 1.165) is 53.0 Å². The van der Waals surface area contributed by atoms with E-state index >= 15 is 0 Å². The highest BCUT2D eigenvalue weighted by molar-refractivity contribution is 9.09. The summed E-state index contributed by atoms with van der Waals surface area (Å²) in [6.45, 7) is 22.7. The lowest BCUT2D eigenvalue weighted by atomic mass is 9.82. The molecule has 0 bridgehead atoms. The predicted molar refractivity (Wildman–Crippen MR) is 263 cm³/mol. The van der Waals surface area contributed by atoms with Crippen LogP contribution in [0, 0.1) is 13.8 Å². The van der Waals surface area contributed by atoms with Gasteiger partial charge in [0.1, 0.15) is 22.7 Å². The second-order valence-corrected chi connectivity index (χ2v) is 20.7. The van der Waals surface area contributed by atoms with Gasteiger partial charge in [-0.1, -0.05) is 37.2 Å². The van der Waals surface area contributed by atoms with Crippen molar-refractivity contribution in [1.82, 2.24) is 19.8 Å². The van der Waals surface area contributed by atoms with Gasteiger partial charge in [0.05, 0.1) is 30.5 Å². The molecule has 2 aromatic heterocycles. The highest BCUT2D eigenvalue weighted by Gasteiger charge is 2.46. The van der Waals surface area contributed by atoms with Gasteiger partial charge in [-0.15, -0.1) is 0 Å². The van der Waals surface area contributed by atoms with Gasteiger partial charge in [0.25, 0.3) is 11.8 Å². The standard InChI is InChI=1S/C26H34N2O4.C23H28N2O4.C3H7Br.CH4/c1-17(2)30-22-9-8-20(15-19(22)5)25(29)28-13-10-26(11-14-28)16-23(31-18(3)4)21-7-6-12-27-24(21)32-26;1-15(2)28-20-7-6-17(13-16(20)3)22(27)25-11-8-23(9-12-25)14-19(26)18-5-4-10-24-21(18)29-23;1-3(2)4;/h6-9,12,15,17-18,23H,10-11,13-14,16H2,1-5H3;4-7,10,13,15,19,26H,8-9,11-12,14H2,1-3H3;3H,1-2H3;1H4. The molecule has 6 heterocycles. The monoisotopic (exact) mass is 972 g/mol. The number of pyridine rings is 2. The normalized spacial score (nSPS) is 19.0. The number of rotatable bonds is 8. The summed E-state index contributed by atoms with van der Waals surface area (Å²) >= 11 is 3.27. The maximum atomic E-state index is 13.2. The molecule has 4 aromatic rings. The van der Waals surface area contributed by atoms with Crippen LogP contribution in [0.15, 0.2) is 73.1 Å². The number of piperidine rings is 2. The minimum atomic E-state index is -0.578. The van der Waals surface area contributed by atoms with Gasteiger partial charge in [-0.3, -0.25) is 9.59 Å². The number of likely N-dealkylation sites (tertiary alicyclic amines) is 2. The zero-order valence-electron chi connectivity index (χ0n) is 39.9. The Bertz CT molecular complexity index is 2230. The first-order valence-corrected chi connectivity index (χ1v) is 24.2. The first-order valence-electron chi connectivity index (χ1n) is 23.2. The molecule has 4 aliphatic heterocycles. The molecule has 2 saturated heterocycles. The number of fused-ring (bicyclic) bond motifs is 2. The predicted octanol–water partition coefficient (Wildman–Crippen LogP) is 11.2. The number of hydrogen-bond donors (Lipinski definition) is 1. The van der Waals surface area contributed by atoms with Gasteiger partial charge >= 0.3 is 0 Å². The van der Waals surface area contributed by atoms with E-state index in [9.17, 15) is 14.7 Å². The molecule has 0 saturated carbocycles. The summed E-state index contributed by atoms with van der Waals surface area (Å²) in [5.74, 6) is 2.90. The number of hydrogen-bond acceptors (Lipinski definition) is 10. The average Bonchev–Trinajstić information content (AvgIpc) is 3.25. The number of ether oxygens (including phenoxy) is 5. The van der Waals surface area contributed by atoms with Crippen molar-refractivity contribution in [3.63, 3.8) is 0 Å². The lowest BCUT2D eigenvalue weighted by molar-refractivity contribution is -0.0895. The van der Waals surface area contributed by atoms with Gasteiger partial charge in [-0.2, -0.15) is 0 Å². The van der Waals surface area contributed by atoms with Gasteiger partial charge in [-0.25, -0.2) is 9.97 Å². The van der Waals surface area contributed by atoms with E-state index < -0.39 is 11.7 Å². The Kier molecular flexibility index (Phi) is 18.1. The summed E-state index contributed by atoms with van der Waals surface area (Å²) in [5, 5.41) is 10.5.